The first kappa shape index (κ1) is 11.5. The van der Waals surface area contributed by atoms with E-state index in [0.29, 0.717) is 0 Å². The molecule has 0 unspecified atom stereocenters. The van der Waals surface area contributed by atoms with Gasteiger partial charge in [0.1, 0.15) is 0 Å². The van der Waals surface area contributed by atoms with Crippen LogP contribution in [-0.2, 0) is 5.41 Å². The van der Waals surface area contributed by atoms with Crippen LogP contribution >= 0.6 is 11.6 Å². The zero-order valence-electron chi connectivity index (χ0n) is 8.76. The van der Waals surface area contributed by atoms with Crippen LogP contribution in [0.4, 0.5) is 0 Å². The van der Waals surface area contributed by atoms with Gasteiger partial charge in [-0.05, 0) is 36.0 Å². The molecule has 0 radical (unpaired) electrons. The first-order chi connectivity index (χ1) is 6.56. The van der Waals surface area contributed by atoms with Crippen LogP contribution in [0.15, 0.2) is 24.3 Å². The number of hydrogen-bond acceptors (Lipinski definition) is 1. The van der Waals surface area contributed by atoms with E-state index in [0.717, 1.165) is 17.9 Å². The lowest BCUT2D eigenvalue weighted by Crippen LogP contribution is -2.17. The highest BCUT2D eigenvalue weighted by Gasteiger charge is 2.19. The molecule has 0 aliphatic heterocycles. The Morgan fingerprint density at radius 2 is 2.07 bits per heavy atom. The SMILES string of the molecule is CC(C)(CCCO)c1cccc(Cl)c1. The summed E-state index contributed by atoms with van der Waals surface area (Å²) in [6, 6.07) is 7.94. The van der Waals surface area contributed by atoms with Crippen molar-refractivity contribution in [2.24, 2.45) is 0 Å². The van der Waals surface area contributed by atoms with Crippen LogP contribution in [0.2, 0.25) is 5.02 Å². The summed E-state index contributed by atoms with van der Waals surface area (Å²) in [5, 5.41) is 9.58. The summed E-state index contributed by atoms with van der Waals surface area (Å²) in [5.74, 6) is 0. The fraction of sp³-hybridized carbons (Fsp3) is 0.500. The molecular weight excluding hydrogens is 196 g/mol. The Balaban J connectivity index is 2.80. The number of rotatable bonds is 4. The fourth-order valence-corrected chi connectivity index (χ4v) is 1.77. The van der Waals surface area contributed by atoms with Gasteiger partial charge in [0.25, 0.3) is 0 Å². The molecule has 78 valence electrons. The summed E-state index contributed by atoms with van der Waals surface area (Å²) in [5.41, 5.74) is 1.33. The third-order valence-electron chi connectivity index (χ3n) is 2.57. The monoisotopic (exact) mass is 212 g/mol. The van der Waals surface area contributed by atoms with E-state index in [1.165, 1.54) is 5.56 Å². The zero-order valence-corrected chi connectivity index (χ0v) is 9.51. The summed E-state index contributed by atoms with van der Waals surface area (Å²) < 4.78 is 0. The first-order valence-corrected chi connectivity index (χ1v) is 5.31. The molecule has 1 aromatic rings. The Hall–Kier alpha value is -0.530. The van der Waals surface area contributed by atoms with Gasteiger partial charge in [0.15, 0.2) is 0 Å². The molecule has 1 rings (SSSR count). The molecule has 1 nitrogen and oxygen atoms in total. The van der Waals surface area contributed by atoms with Gasteiger partial charge in [0.05, 0.1) is 0 Å². The lowest BCUT2D eigenvalue weighted by Gasteiger charge is -2.25. The van der Waals surface area contributed by atoms with Crippen LogP contribution < -0.4 is 0 Å². The molecule has 0 spiro atoms. The van der Waals surface area contributed by atoms with Gasteiger partial charge in [-0.15, -0.1) is 0 Å². The minimum atomic E-state index is 0.0909. The van der Waals surface area contributed by atoms with Gasteiger partial charge in [-0.25, -0.2) is 0 Å². The molecule has 14 heavy (non-hydrogen) atoms. The first-order valence-electron chi connectivity index (χ1n) is 4.93. The molecule has 0 bridgehead atoms. The average Bonchev–Trinajstić information content (AvgIpc) is 2.15. The van der Waals surface area contributed by atoms with Crippen molar-refractivity contribution in [3.63, 3.8) is 0 Å². The lowest BCUT2D eigenvalue weighted by atomic mass is 9.81. The van der Waals surface area contributed by atoms with Crippen LogP contribution in [0.5, 0.6) is 0 Å². The Morgan fingerprint density at radius 3 is 2.64 bits per heavy atom. The predicted molar refractivity (Wildman–Crippen MR) is 60.8 cm³/mol. The Kier molecular flexibility index (Phi) is 3.97. The second-order valence-corrected chi connectivity index (χ2v) is 4.66. The largest absolute Gasteiger partial charge is 0.396 e. The van der Waals surface area contributed by atoms with E-state index in [9.17, 15) is 0 Å². The minimum absolute atomic E-state index is 0.0909. The van der Waals surface area contributed by atoms with Crippen LogP contribution in [0, 0.1) is 0 Å². The molecule has 2 heteroatoms. The van der Waals surface area contributed by atoms with Crippen molar-refractivity contribution in [3.05, 3.63) is 34.9 Å². The maximum Gasteiger partial charge on any atom is 0.0431 e. The van der Waals surface area contributed by atoms with Gasteiger partial charge in [-0.1, -0.05) is 37.6 Å². The summed E-state index contributed by atoms with van der Waals surface area (Å²) in [7, 11) is 0. The van der Waals surface area contributed by atoms with Gasteiger partial charge in [-0.3, -0.25) is 0 Å². The van der Waals surface area contributed by atoms with E-state index in [-0.39, 0.29) is 12.0 Å². The van der Waals surface area contributed by atoms with Crippen LogP contribution in [0.3, 0.4) is 0 Å². The molecule has 0 amide bonds. The molecule has 0 aliphatic rings. The van der Waals surface area contributed by atoms with Gasteiger partial charge >= 0.3 is 0 Å². The maximum atomic E-state index is 8.81. The van der Waals surface area contributed by atoms with Crippen LogP contribution in [0.25, 0.3) is 0 Å². The quantitative estimate of drug-likeness (QED) is 0.811. The normalized spacial score (nSPS) is 11.7. The third kappa shape index (κ3) is 3.00. The van der Waals surface area contributed by atoms with Crippen molar-refractivity contribution >= 4 is 11.6 Å². The third-order valence-corrected chi connectivity index (χ3v) is 2.80. The minimum Gasteiger partial charge on any atom is -0.396 e. The van der Waals surface area contributed by atoms with Crippen LogP contribution in [0.1, 0.15) is 32.3 Å². The second-order valence-electron chi connectivity index (χ2n) is 4.22. The highest BCUT2D eigenvalue weighted by molar-refractivity contribution is 6.30. The number of aliphatic hydroxyl groups excluding tert-OH is 1. The topological polar surface area (TPSA) is 20.2 Å². The molecular formula is C12H17ClO. The number of hydrogen-bond donors (Lipinski definition) is 1. The van der Waals surface area contributed by atoms with Crippen molar-refractivity contribution < 1.29 is 5.11 Å². The Labute approximate surface area is 90.7 Å². The molecule has 0 heterocycles. The number of halogens is 1. The molecule has 0 saturated heterocycles. The molecule has 0 aliphatic carbocycles. The molecule has 1 N–H and O–H groups in total. The van der Waals surface area contributed by atoms with Crippen molar-refractivity contribution in [2.75, 3.05) is 6.61 Å². The molecule has 1 aromatic carbocycles. The molecule has 0 aromatic heterocycles. The molecule has 0 fully saturated rings. The van der Waals surface area contributed by atoms with Crippen LogP contribution in [-0.4, -0.2) is 11.7 Å². The van der Waals surface area contributed by atoms with E-state index in [2.05, 4.69) is 19.9 Å². The molecule has 0 atom stereocenters. The predicted octanol–water partition coefficient (Wildman–Crippen LogP) is 3.39. The van der Waals surface area contributed by atoms with E-state index in [4.69, 9.17) is 16.7 Å². The van der Waals surface area contributed by atoms with Gasteiger partial charge in [0, 0.05) is 11.6 Å². The van der Waals surface area contributed by atoms with Crippen molar-refractivity contribution in [2.45, 2.75) is 32.1 Å². The molecule has 0 saturated carbocycles. The van der Waals surface area contributed by atoms with Gasteiger partial charge < -0.3 is 5.11 Å². The number of benzene rings is 1. The lowest BCUT2D eigenvalue weighted by molar-refractivity contribution is 0.268. The Bertz CT molecular complexity index is 294. The van der Waals surface area contributed by atoms with E-state index < -0.39 is 0 Å². The summed E-state index contributed by atoms with van der Waals surface area (Å²) in [4.78, 5) is 0. The summed E-state index contributed by atoms with van der Waals surface area (Å²) >= 11 is 5.94. The second kappa shape index (κ2) is 4.81. The van der Waals surface area contributed by atoms with E-state index >= 15 is 0 Å². The maximum absolute atomic E-state index is 8.81. The standard InChI is InChI=1S/C12H17ClO/c1-12(2,7-4-8-14)10-5-3-6-11(13)9-10/h3,5-6,9,14H,4,7-8H2,1-2H3. The smallest absolute Gasteiger partial charge is 0.0431 e. The van der Waals surface area contributed by atoms with Crippen molar-refractivity contribution in [1.82, 2.24) is 0 Å². The highest BCUT2D eigenvalue weighted by atomic mass is 35.5. The van der Waals surface area contributed by atoms with E-state index in [1.807, 2.05) is 18.2 Å². The van der Waals surface area contributed by atoms with Gasteiger partial charge in [0.2, 0.25) is 0 Å². The summed E-state index contributed by atoms with van der Waals surface area (Å²) in [6.45, 7) is 4.60. The summed E-state index contributed by atoms with van der Waals surface area (Å²) in [6.07, 6.45) is 1.81. The fourth-order valence-electron chi connectivity index (χ4n) is 1.57. The average molecular weight is 213 g/mol. The number of aliphatic hydroxyl groups is 1. The van der Waals surface area contributed by atoms with E-state index in [1.54, 1.807) is 0 Å². The highest BCUT2D eigenvalue weighted by Crippen LogP contribution is 2.29. The Morgan fingerprint density at radius 1 is 1.36 bits per heavy atom. The van der Waals surface area contributed by atoms with Crippen molar-refractivity contribution in [3.8, 4) is 0 Å². The van der Waals surface area contributed by atoms with Crippen molar-refractivity contribution in [1.29, 1.82) is 0 Å². The zero-order chi connectivity index (χ0) is 10.6. The van der Waals surface area contributed by atoms with Gasteiger partial charge in [-0.2, -0.15) is 0 Å².